The van der Waals surface area contributed by atoms with Gasteiger partial charge in [0, 0.05) is 16.7 Å². The highest BCUT2D eigenvalue weighted by Gasteiger charge is 2.03. The van der Waals surface area contributed by atoms with Crippen LogP contribution in [0.2, 0.25) is 0 Å². The molecule has 0 radical (unpaired) electrons. The number of nitrogens with zero attached hydrogens (tertiary/aromatic N) is 3. The molecule has 0 spiro atoms. The molecular formula is C8H7BrN4OS. The lowest BCUT2D eigenvalue weighted by molar-refractivity contribution is 0.741. The number of hydrogen-bond acceptors (Lipinski definition) is 5. The van der Waals surface area contributed by atoms with Gasteiger partial charge in [-0.15, -0.1) is 10.2 Å². The van der Waals surface area contributed by atoms with Crippen molar-refractivity contribution in [2.45, 2.75) is 6.54 Å². The second kappa shape index (κ2) is 4.11. The van der Waals surface area contributed by atoms with E-state index < -0.39 is 0 Å². The first-order valence-electron chi connectivity index (χ1n) is 4.09. The molecule has 5 nitrogen and oxygen atoms in total. The Hall–Kier alpha value is -1.21. The van der Waals surface area contributed by atoms with Crippen LogP contribution in [0, 0.1) is 0 Å². The SMILES string of the molecule is Nc1nnc(Cn2cc(Br)ccc2=O)s1. The van der Waals surface area contributed by atoms with E-state index >= 15 is 0 Å². The zero-order valence-electron chi connectivity index (χ0n) is 7.55. The first-order chi connectivity index (χ1) is 7.15. The summed E-state index contributed by atoms with van der Waals surface area (Å²) in [4.78, 5) is 11.4. The predicted molar refractivity (Wildman–Crippen MR) is 61.8 cm³/mol. The Morgan fingerprint density at radius 1 is 1.47 bits per heavy atom. The number of nitrogens with two attached hydrogens (primary N) is 1. The highest BCUT2D eigenvalue weighted by Crippen LogP contribution is 2.12. The van der Waals surface area contributed by atoms with Crippen LogP contribution in [0.3, 0.4) is 0 Å². The van der Waals surface area contributed by atoms with Gasteiger partial charge in [-0.2, -0.15) is 0 Å². The largest absolute Gasteiger partial charge is 0.374 e. The Bertz CT molecular complexity index is 535. The van der Waals surface area contributed by atoms with E-state index in [1.807, 2.05) is 0 Å². The van der Waals surface area contributed by atoms with Crippen molar-refractivity contribution in [2.24, 2.45) is 0 Å². The van der Waals surface area contributed by atoms with Crippen molar-refractivity contribution in [3.8, 4) is 0 Å². The van der Waals surface area contributed by atoms with Gasteiger partial charge in [-0.05, 0) is 22.0 Å². The monoisotopic (exact) mass is 286 g/mol. The van der Waals surface area contributed by atoms with Gasteiger partial charge in [0.25, 0.3) is 5.56 Å². The quantitative estimate of drug-likeness (QED) is 0.897. The minimum atomic E-state index is -0.0769. The van der Waals surface area contributed by atoms with Crippen LogP contribution in [-0.4, -0.2) is 14.8 Å². The van der Waals surface area contributed by atoms with E-state index in [-0.39, 0.29) is 5.56 Å². The summed E-state index contributed by atoms with van der Waals surface area (Å²) >= 11 is 4.58. The summed E-state index contributed by atoms with van der Waals surface area (Å²) in [5.41, 5.74) is 5.37. The number of halogens is 1. The lowest BCUT2D eigenvalue weighted by Gasteiger charge is -2.01. The minimum Gasteiger partial charge on any atom is -0.374 e. The molecule has 0 bridgehead atoms. The summed E-state index contributed by atoms with van der Waals surface area (Å²) in [5, 5.41) is 8.66. The number of anilines is 1. The summed E-state index contributed by atoms with van der Waals surface area (Å²) in [6.45, 7) is 0.396. The van der Waals surface area contributed by atoms with Gasteiger partial charge in [-0.1, -0.05) is 11.3 Å². The third kappa shape index (κ3) is 2.42. The molecular weight excluding hydrogens is 280 g/mol. The molecule has 2 aromatic rings. The number of hydrogen-bond donors (Lipinski definition) is 1. The third-order valence-corrected chi connectivity index (χ3v) is 2.94. The number of pyridine rings is 1. The summed E-state index contributed by atoms with van der Waals surface area (Å²) < 4.78 is 2.39. The maximum Gasteiger partial charge on any atom is 0.250 e. The number of aromatic nitrogens is 3. The molecule has 0 amide bonds. The van der Waals surface area contributed by atoms with Crippen molar-refractivity contribution in [1.29, 1.82) is 0 Å². The van der Waals surface area contributed by atoms with Gasteiger partial charge in [0.2, 0.25) is 5.13 Å². The standard InChI is InChI=1S/C8H7BrN4OS/c9-5-1-2-7(14)13(3-5)4-6-11-12-8(10)15-6/h1-3H,4H2,(H2,10,12). The Morgan fingerprint density at radius 3 is 2.93 bits per heavy atom. The third-order valence-electron chi connectivity index (χ3n) is 1.74. The van der Waals surface area contributed by atoms with Crippen molar-refractivity contribution in [3.63, 3.8) is 0 Å². The molecule has 78 valence electrons. The predicted octanol–water partition coefficient (Wildman–Crippen LogP) is 1.09. The summed E-state index contributed by atoms with van der Waals surface area (Å²) in [5.74, 6) is 0. The average Bonchev–Trinajstić information content (AvgIpc) is 2.58. The van der Waals surface area contributed by atoms with E-state index in [0.717, 1.165) is 4.47 Å². The van der Waals surface area contributed by atoms with Gasteiger partial charge in [-0.3, -0.25) is 4.79 Å². The molecule has 15 heavy (non-hydrogen) atoms. The zero-order valence-corrected chi connectivity index (χ0v) is 9.96. The molecule has 0 saturated carbocycles. The Balaban J connectivity index is 2.31. The first kappa shape index (κ1) is 10.3. The highest BCUT2D eigenvalue weighted by atomic mass is 79.9. The topological polar surface area (TPSA) is 73.8 Å². The van der Waals surface area contributed by atoms with E-state index in [1.54, 1.807) is 16.8 Å². The smallest absolute Gasteiger partial charge is 0.250 e. The van der Waals surface area contributed by atoms with Gasteiger partial charge in [0.05, 0.1) is 6.54 Å². The molecule has 0 aliphatic carbocycles. The lowest BCUT2D eigenvalue weighted by atomic mass is 10.4. The second-order valence-electron chi connectivity index (χ2n) is 2.85. The summed E-state index contributed by atoms with van der Waals surface area (Å²) in [7, 11) is 0. The molecule has 0 aliphatic heterocycles. The fraction of sp³-hybridized carbons (Fsp3) is 0.125. The summed E-state index contributed by atoms with van der Waals surface area (Å²) in [6, 6.07) is 3.20. The molecule has 0 atom stereocenters. The van der Waals surface area contributed by atoms with E-state index in [4.69, 9.17) is 5.73 Å². The summed E-state index contributed by atoms with van der Waals surface area (Å²) in [6.07, 6.45) is 1.71. The molecule has 2 N–H and O–H groups in total. The Labute approximate surface area is 97.7 Å². The maximum atomic E-state index is 11.4. The van der Waals surface area contributed by atoms with Gasteiger partial charge in [0.15, 0.2) is 0 Å². The van der Waals surface area contributed by atoms with Crippen LogP contribution in [-0.2, 0) is 6.54 Å². The lowest BCUT2D eigenvalue weighted by Crippen LogP contribution is -2.18. The molecule has 0 aromatic carbocycles. The first-order valence-corrected chi connectivity index (χ1v) is 5.70. The normalized spacial score (nSPS) is 10.5. The van der Waals surface area contributed by atoms with Gasteiger partial charge >= 0.3 is 0 Å². The van der Waals surface area contributed by atoms with Crippen molar-refractivity contribution in [1.82, 2.24) is 14.8 Å². The van der Waals surface area contributed by atoms with Crippen molar-refractivity contribution in [3.05, 3.63) is 38.2 Å². The van der Waals surface area contributed by atoms with Crippen LogP contribution in [0.1, 0.15) is 5.01 Å². The van der Waals surface area contributed by atoms with E-state index in [0.29, 0.717) is 16.7 Å². The van der Waals surface area contributed by atoms with Gasteiger partial charge < -0.3 is 10.3 Å². The van der Waals surface area contributed by atoms with Crippen LogP contribution in [0.25, 0.3) is 0 Å². The van der Waals surface area contributed by atoms with E-state index in [2.05, 4.69) is 26.1 Å². The van der Waals surface area contributed by atoms with Crippen LogP contribution in [0.4, 0.5) is 5.13 Å². The minimum absolute atomic E-state index is 0.0769. The maximum absolute atomic E-state index is 11.4. The molecule has 7 heteroatoms. The van der Waals surface area contributed by atoms with Crippen molar-refractivity contribution >= 4 is 32.4 Å². The average molecular weight is 287 g/mol. The van der Waals surface area contributed by atoms with Crippen LogP contribution in [0.15, 0.2) is 27.6 Å². The Kier molecular flexibility index (Phi) is 2.83. The van der Waals surface area contributed by atoms with E-state index in [9.17, 15) is 4.79 Å². The molecule has 0 saturated heterocycles. The van der Waals surface area contributed by atoms with E-state index in [1.165, 1.54) is 17.4 Å². The van der Waals surface area contributed by atoms with Gasteiger partial charge in [0.1, 0.15) is 5.01 Å². The van der Waals surface area contributed by atoms with Gasteiger partial charge in [-0.25, -0.2) is 0 Å². The molecule has 2 heterocycles. The highest BCUT2D eigenvalue weighted by molar-refractivity contribution is 9.10. The molecule has 0 unspecified atom stereocenters. The van der Waals surface area contributed by atoms with Crippen molar-refractivity contribution < 1.29 is 0 Å². The van der Waals surface area contributed by atoms with Crippen LogP contribution < -0.4 is 11.3 Å². The fourth-order valence-corrected chi connectivity index (χ4v) is 2.09. The fourth-order valence-electron chi connectivity index (χ4n) is 1.10. The molecule has 0 fully saturated rings. The number of rotatable bonds is 2. The zero-order chi connectivity index (χ0) is 10.8. The number of nitrogen functional groups attached to an aromatic ring is 1. The molecule has 2 aromatic heterocycles. The second-order valence-corrected chi connectivity index (χ2v) is 4.86. The van der Waals surface area contributed by atoms with Crippen LogP contribution >= 0.6 is 27.3 Å². The Morgan fingerprint density at radius 2 is 2.27 bits per heavy atom. The molecule has 2 rings (SSSR count). The van der Waals surface area contributed by atoms with Crippen LogP contribution in [0.5, 0.6) is 0 Å². The van der Waals surface area contributed by atoms with Crippen molar-refractivity contribution in [2.75, 3.05) is 5.73 Å². The molecule has 0 aliphatic rings.